The van der Waals surface area contributed by atoms with E-state index in [0.717, 1.165) is 0 Å². The molecule has 0 aliphatic heterocycles. The number of aliphatic hydroxyl groups is 1. The number of halogens is 2. The van der Waals surface area contributed by atoms with Gasteiger partial charge in [-0.05, 0) is 11.6 Å². The third-order valence-electron chi connectivity index (χ3n) is 1.87. The van der Waals surface area contributed by atoms with E-state index in [4.69, 9.17) is 0 Å². The minimum Gasteiger partial charge on any atom is -0.388 e. The molecular formula is C10H10F2O2. The summed E-state index contributed by atoms with van der Waals surface area (Å²) >= 11 is 0. The van der Waals surface area contributed by atoms with Gasteiger partial charge >= 0.3 is 0 Å². The maximum atomic E-state index is 12.2. The molecule has 0 radical (unpaired) electrons. The lowest BCUT2D eigenvalue weighted by Gasteiger charge is -2.08. The maximum absolute atomic E-state index is 12.2. The number of hydrogen-bond donors (Lipinski definition) is 1. The second kappa shape index (κ2) is 4.81. The van der Waals surface area contributed by atoms with Crippen LogP contribution < -0.4 is 0 Å². The Kier molecular flexibility index (Phi) is 3.71. The van der Waals surface area contributed by atoms with Crippen LogP contribution in [0.2, 0.25) is 0 Å². The Bertz CT molecular complexity index is 313. The van der Waals surface area contributed by atoms with Crippen LogP contribution in [0, 0.1) is 0 Å². The molecule has 2 nitrogen and oxygen atoms in total. The van der Waals surface area contributed by atoms with Gasteiger partial charge in [-0.25, -0.2) is 8.78 Å². The normalized spacial score (nSPS) is 12.9. The molecule has 0 saturated carbocycles. The highest BCUT2D eigenvalue weighted by atomic mass is 19.3. The molecule has 1 atom stereocenters. The summed E-state index contributed by atoms with van der Waals surface area (Å²) < 4.78 is 24.5. The molecule has 1 aromatic carbocycles. The molecule has 1 rings (SSSR count). The summed E-state index contributed by atoms with van der Waals surface area (Å²) in [5.41, 5.74) is 0.197. The fraction of sp³-hybridized carbons (Fsp3) is 0.300. The molecule has 1 N–H and O–H groups in total. The van der Waals surface area contributed by atoms with Crippen molar-refractivity contribution in [1.82, 2.24) is 0 Å². The summed E-state index contributed by atoms with van der Waals surface area (Å²) in [5, 5.41) is 9.35. The zero-order valence-corrected chi connectivity index (χ0v) is 7.36. The van der Waals surface area contributed by atoms with Gasteiger partial charge in [-0.3, -0.25) is 0 Å². The number of hydrogen-bond acceptors (Lipinski definition) is 2. The molecule has 4 heteroatoms. The summed E-state index contributed by atoms with van der Waals surface area (Å²) in [4.78, 5) is 10.1. The van der Waals surface area contributed by atoms with Crippen LogP contribution in [0.25, 0.3) is 0 Å². The SMILES string of the molecule is O=CCC(O)c1cccc(C(F)F)c1. The largest absolute Gasteiger partial charge is 0.388 e. The Morgan fingerprint density at radius 1 is 1.36 bits per heavy atom. The van der Waals surface area contributed by atoms with Crippen molar-refractivity contribution in [1.29, 1.82) is 0 Å². The van der Waals surface area contributed by atoms with Gasteiger partial charge in [0.15, 0.2) is 0 Å². The van der Waals surface area contributed by atoms with Crippen LogP contribution in [0.1, 0.15) is 30.1 Å². The third-order valence-corrected chi connectivity index (χ3v) is 1.87. The topological polar surface area (TPSA) is 37.3 Å². The highest BCUT2D eigenvalue weighted by Crippen LogP contribution is 2.23. The van der Waals surface area contributed by atoms with Crippen molar-refractivity contribution in [2.75, 3.05) is 0 Å². The molecule has 14 heavy (non-hydrogen) atoms. The van der Waals surface area contributed by atoms with E-state index in [9.17, 15) is 18.7 Å². The lowest BCUT2D eigenvalue weighted by atomic mass is 10.0. The van der Waals surface area contributed by atoms with Gasteiger partial charge in [-0.2, -0.15) is 0 Å². The Morgan fingerprint density at radius 2 is 2.00 bits per heavy atom. The van der Waals surface area contributed by atoms with Gasteiger partial charge in [-0.15, -0.1) is 0 Å². The number of aliphatic hydroxyl groups excluding tert-OH is 1. The Labute approximate surface area is 80.2 Å². The number of benzene rings is 1. The molecule has 76 valence electrons. The molecule has 0 aliphatic rings. The average molecular weight is 200 g/mol. The van der Waals surface area contributed by atoms with Crippen molar-refractivity contribution in [2.45, 2.75) is 19.0 Å². The predicted molar refractivity (Wildman–Crippen MR) is 47.0 cm³/mol. The molecule has 0 fully saturated rings. The van der Waals surface area contributed by atoms with Crippen LogP contribution in [-0.2, 0) is 4.79 Å². The van der Waals surface area contributed by atoms with Gasteiger partial charge in [0.1, 0.15) is 6.29 Å². The van der Waals surface area contributed by atoms with Gasteiger partial charge in [0, 0.05) is 12.0 Å². The van der Waals surface area contributed by atoms with Gasteiger partial charge in [0.05, 0.1) is 6.10 Å². The highest BCUT2D eigenvalue weighted by molar-refractivity contribution is 5.51. The summed E-state index contributed by atoms with van der Waals surface area (Å²) in [6, 6.07) is 5.44. The lowest BCUT2D eigenvalue weighted by Crippen LogP contribution is -1.98. The van der Waals surface area contributed by atoms with Crippen molar-refractivity contribution in [3.05, 3.63) is 35.4 Å². The smallest absolute Gasteiger partial charge is 0.263 e. The molecule has 0 amide bonds. The number of alkyl halides is 2. The van der Waals surface area contributed by atoms with Gasteiger partial charge < -0.3 is 9.90 Å². The van der Waals surface area contributed by atoms with Crippen LogP contribution in [0.5, 0.6) is 0 Å². The van der Waals surface area contributed by atoms with E-state index < -0.39 is 12.5 Å². The quantitative estimate of drug-likeness (QED) is 0.757. The van der Waals surface area contributed by atoms with E-state index in [1.807, 2.05) is 0 Å². The number of aldehydes is 1. The molecule has 0 spiro atoms. The van der Waals surface area contributed by atoms with E-state index in [1.54, 1.807) is 0 Å². The standard InChI is InChI=1S/C10H10F2O2/c11-10(12)8-3-1-2-7(6-8)9(14)4-5-13/h1-3,5-6,9-10,14H,4H2. The van der Waals surface area contributed by atoms with Crippen LogP contribution in [0.3, 0.4) is 0 Å². The fourth-order valence-electron chi connectivity index (χ4n) is 1.13. The van der Waals surface area contributed by atoms with Crippen molar-refractivity contribution in [3.8, 4) is 0 Å². The summed E-state index contributed by atoms with van der Waals surface area (Å²) in [5.74, 6) is 0. The number of carbonyl (C=O) groups is 1. The molecule has 0 bridgehead atoms. The molecule has 1 unspecified atom stereocenters. The molecule has 0 heterocycles. The lowest BCUT2D eigenvalue weighted by molar-refractivity contribution is -0.109. The monoisotopic (exact) mass is 200 g/mol. The first-order valence-corrected chi connectivity index (χ1v) is 4.15. The molecular weight excluding hydrogens is 190 g/mol. The van der Waals surface area contributed by atoms with E-state index >= 15 is 0 Å². The van der Waals surface area contributed by atoms with E-state index in [0.29, 0.717) is 11.8 Å². The molecule has 0 aliphatic carbocycles. The van der Waals surface area contributed by atoms with Gasteiger partial charge in [-0.1, -0.05) is 18.2 Å². The predicted octanol–water partition coefficient (Wildman–Crippen LogP) is 2.25. The van der Waals surface area contributed by atoms with Crippen molar-refractivity contribution in [3.63, 3.8) is 0 Å². The number of carbonyl (C=O) groups excluding carboxylic acids is 1. The van der Waals surface area contributed by atoms with E-state index in [2.05, 4.69) is 0 Å². The second-order valence-corrected chi connectivity index (χ2v) is 2.89. The van der Waals surface area contributed by atoms with Crippen molar-refractivity contribution in [2.24, 2.45) is 0 Å². The molecule has 0 saturated heterocycles. The first kappa shape index (κ1) is 10.8. The maximum Gasteiger partial charge on any atom is 0.263 e. The van der Waals surface area contributed by atoms with Crippen molar-refractivity contribution >= 4 is 6.29 Å². The zero-order valence-electron chi connectivity index (χ0n) is 7.36. The molecule has 1 aromatic rings. The second-order valence-electron chi connectivity index (χ2n) is 2.89. The van der Waals surface area contributed by atoms with Crippen molar-refractivity contribution < 1.29 is 18.7 Å². The Hall–Kier alpha value is -1.29. The van der Waals surface area contributed by atoms with Gasteiger partial charge in [0.25, 0.3) is 6.43 Å². The minimum absolute atomic E-state index is 0.0767. The first-order chi connectivity index (χ1) is 6.65. The number of rotatable bonds is 4. The summed E-state index contributed by atoms with van der Waals surface area (Å²) in [6.45, 7) is 0. The Balaban J connectivity index is 2.87. The van der Waals surface area contributed by atoms with E-state index in [1.165, 1.54) is 24.3 Å². The highest BCUT2D eigenvalue weighted by Gasteiger charge is 2.11. The Morgan fingerprint density at radius 3 is 2.57 bits per heavy atom. The van der Waals surface area contributed by atoms with Crippen LogP contribution >= 0.6 is 0 Å². The summed E-state index contributed by atoms with van der Waals surface area (Å²) in [7, 11) is 0. The van der Waals surface area contributed by atoms with Crippen LogP contribution in [-0.4, -0.2) is 11.4 Å². The summed E-state index contributed by atoms with van der Waals surface area (Å²) in [6.07, 6.45) is -3.07. The fourth-order valence-corrected chi connectivity index (χ4v) is 1.13. The average Bonchev–Trinajstić information content (AvgIpc) is 2.18. The van der Waals surface area contributed by atoms with Crippen LogP contribution in [0.15, 0.2) is 24.3 Å². The third kappa shape index (κ3) is 2.60. The van der Waals surface area contributed by atoms with E-state index in [-0.39, 0.29) is 12.0 Å². The zero-order chi connectivity index (χ0) is 10.6. The minimum atomic E-state index is -2.56. The first-order valence-electron chi connectivity index (χ1n) is 4.15. The van der Waals surface area contributed by atoms with Gasteiger partial charge in [0.2, 0.25) is 0 Å². The molecule has 0 aromatic heterocycles. The van der Waals surface area contributed by atoms with Crippen LogP contribution in [0.4, 0.5) is 8.78 Å².